The molecule has 1 aliphatic rings. The van der Waals surface area contributed by atoms with Crippen molar-refractivity contribution in [1.29, 1.82) is 0 Å². The van der Waals surface area contributed by atoms with Gasteiger partial charge >= 0.3 is 11.8 Å². The summed E-state index contributed by atoms with van der Waals surface area (Å²) in [4.78, 5) is 0. The molecular weight excluding hydrogens is 187 g/mol. The van der Waals surface area contributed by atoms with Crippen molar-refractivity contribution < 1.29 is 22.7 Å². The summed E-state index contributed by atoms with van der Waals surface area (Å²) in [5.74, 6) is -10.6. The summed E-state index contributed by atoms with van der Waals surface area (Å²) in [5, 5.41) is 6.17. The summed E-state index contributed by atoms with van der Waals surface area (Å²) in [6.45, 7) is 0. The van der Waals surface area contributed by atoms with Crippen LogP contribution in [0.4, 0.5) is 17.6 Å². The zero-order chi connectivity index (χ0) is 8.86. The van der Waals surface area contributed by atoms with Crippen LogP contribution >= 0.6 is 11.6 Å². The molecule has 0 heterocycles. The van der Waals surface area contributed by atoms with Crippen molar-refractivity contribution in [1.82, 2.24) is 0 Å². The van der Waals surface area contributed by atoms with Gasteiger partial charge in [-0.05, 0) is 6.08 Å². The summed E-state index contributed by atoms with van der Waals surface area (Å²) in [6, 6.07) is 0. The van der Waals surface area contributed by atoms with E-state index in [-0.39, 0.29) is 6.08 Å². The molecule has 64 valence electrons. The standard InChI is InChI=1S/C5H3ClF4O/c6-2-1-3(11)5(9,10)4(2,7)8/h1-2,11H. The smallest absolute Gasteiger partial charge is 0.367 e. The molecule has 1 rings (SSSR count). The van der Waals surface area contributed by atoms with Crippen LogP contribution in [0.3, 0.4) is 0 Å². The zero-order valence-electron chi connectivity index (χ0n) is 4.99. The van der Waals surface area contributed by atoms with Crippen LogP contribution in [0.2, 0.25) is 0 Å². The summed E-state index contributed by atoms with van der Waals surface area (Å²) >= 11 is 4.82. The minimum absolute atomic E-state index is 0.238. The third-order valence-corrected chi connectivity index (χ3v) is 1.79. The highest BCUT2D eigenvalue weighted by Gasteiger charge is 2.67. The number of rotatable bonds is 0. The molecule has 1 aliphatic carbocycles. The monoisotopic (exact) mass is 190 g/mol. The molecule has 0 aromatic rings. The summed E-state index contributed by atoms with van der Waals surface area (Å²) in [7, 11) is 0. The molecule has 0 saturated carbocycles. The molecule has 1 nitrogen and oxygen atoms in total. The van der Waals surface area contributed by atoms with Gasteiger partial charge in [-0.25, -0.2) is 0 Å². The maximum atomic E-state index is 12.3. The molecular formula is C5H3ClF4O. The third-order valence-electron chi connectivity index (χ3n) is 1.39. The molecule has 0 saturated heterocycles. The topological polar surface area (TPSA) is 20.2 Å². The Bertz CT molecular complexity index is 213. The number of aliphatic hydroxyl groups excluding tert-OH is 1. The van der Waals surface area contributed by atoms with Crippen LogP contribution in [-0.2, 0) is 0 Å². The van der Waals surface area contributed by atoms with Crippen LogP contribution in [-0.4, -0.2) is 22.3 Å². The van der Waals surface area contributed by atoms with E-state index in [0.29, 0.717) is 0 Å². The van der Waals surface area contributed by atoms with Gasteiger partial charge in [-0.15, -0.1) is 11.6 Å². The van der Waals surface area contributed by atoms with Gasteiger partial charge in [-0.2, -0.15) is 17.6 Å². The maximum Gasteiger partial charge on any atom is 0.367 e. The molecule has 0 aliphatic heterocycles. The fourth-order valence-corrected chi connectivity index (χ4v) is 0.948. The van der Waals surface area contributed by atoms with Gasteiger partial charge in [0.15, 0.2) is 5.76 Å². The Hall–Kier alpha value is -0.450. The van der Waals surface area contributed by atoms with Gasteiger partial charge < -0.3 is 5.11 Å². The lowest BCUT2D eigenvalue weighted by Crippen LogP contribution is -2.42. The van der Waals surface area contributed by atoms with E-state index in [1.165, 1.54) is 0 Å². The van der Waals surface area contributed by atoms with Crippen molar-refractivity contribution in [3.8, 4) is 0 Å². The molecule has 0 radical (unpaired) electrons. The van der Waals surface area contributed by atoms with Gasteiger partial charge in [-0.3, -0.25) is 0 Å². The van der Waals surface area contributed by atoms with Crippen LogP contribution < -0.4 is 0 Å². The molecule has 0 fully saturated rings. The van der Waals surface area contributed by atoms with Gasteiger partial charge in [-0.1, -0.05) is 0 Å². The van der Waals surface area contributed by atoms with Crippen molar-refractivity contribution in [2.45, 2.75) is 17.2 Å². The van der Waals surface area contributed by atoms with Crippen molar-refractivity contribution in [3.05, 3.63) is 11.8 Å². The molecule has 0 spiro atoms. The Balaban J connectivity index is 3.07. The second-order valence-corrected chi connectivity index (χ2v) is 2.62. The molecule has 1 N–H and O–H groups in total. The highest BCUT2D eigenvalue weighted by atomic mass is 35.5. The highest BCUT2D eigenvalue weighted by molar-refractivity contribution is 6.23. The molecule has 0 aromatic carbocycles. The quantitative estimate of drug-likeness (QED) is 0.459. The number of halogens is 5. The maximum absolute atomic E-state index is 12.3. The van der Waals surface area contributed by atoms with Gasteiger partial charge in [0.25, 0.3) is 0 Å². The molecule has 1 unspecified atom stereocenters. The van der Waals surface area contributed by atoms with Gasteiger partial charge in [0.1, 0.15) is 5.38 Å². The zero-order valence-corrected chi connectivity index (χ0v) is 5.75. The van der Waals surface area contributed by atoms with E-state index < -0.39 is 23.0 Å². The SMILES string of the molecule is OC1=CC(Cl)C(F)(F)C1(F)F. The van der Waals surface area contributed by atoms with Crippen LogP contribution in [0.5, 0.6) is 0 Å². The van der Waals surface area contributed by atoms with E-state index >= 15 is 0 Å². The molecule has 0 aromatic heterocycles. The number of aliphatic hydroxyl groups is 1. The number of allylic oxidation sites excluding steroid dienone is 2. The molecule has 6 heteroatoms. The van der Waals surface area contributed by atoms with Crippen molar-refractivity contribution in [2.75, 3.05) is 0 Å². The van der Waals surface area contributed by atoms with Crippen LogP contribution in [0.15, 0.2) is 11.8 Å². The van der Waals surface area contributed by atoms with E-state index in [1.54, 1.807) is 0 Å². The summed E-state index contributed by atoms with van der Waals surface area (Å²) in [5.41, 5.74) is 0. The Morgan fingerprint density at radius 2 is 1.82 bits per heavy atom. The molecule has 1 atom stereocenters. The first-order chi connectivity index (χ1) is 4.80. The van der Waals surface area contributed by atoms with Crippen molar-refractivity contribution in [2.24, 2.45) is 0 Å². The Morgan fingerprint density at radius 3 is 1.91 bits per heavy atom. The van der Waals surface area contributed by atoms with Crippen LogP contribution in [0, 0.1) is 0 Å². The minimum Gasteiger partial charge on any atom is -0.506 e. The predicted molar refractivity (Wildman–Crippen MR) is 30.2 cm³/mol. The average Bonchev–Trinajstić information content (AvgIpc) is 1.95. The van der Waals surface area contributed by atoms with E-state index in [9.17, 15) is 17.6 Å². The second kappa shape index (κ2) is 2.03. The van der Waals surface area contributed by atoms with Gasteiger partial charge in [0, 0.05) is 0 Å². The summed E-state index contributed by atoms with van der Waals surface area (Å²) < 4.78 is 49.0. The first-order valence-electron chi connectivity index (χ1n) is 2.61. The molecule has 0 amide bonds. The van der Waals surface area contributed by atoms with Crippen molar-refractivity contribution in [3.63, 3.8) is 0 Å². The van der Waals surface area contributed by atoms with Gasteiger partial charge in [0.05, 0.1) is 0 Å². The normalized spacial score (nSPS) is 33.5. The first-order valence-corrected chi connectivity index (χ1v) is 3.04. The average molecular weight is 191 g/mol. The summed E-state index contributed by atoms with van der Waals surface area (Å²) in [6.07, 6.45) is 0.238. The van der Waals surface area contributed by atoms with E-state index in [4.69, 9.17) is 16.7 Å². The Morgan fingerprint density at radius 1 is 1.36 bits per heavy atom. The Kier molecular flexibility index (Phi) is 1.59. The molecule has 0 bridgehead atoms. The van der Waals surface area contributed by atoms with E-state index in [2.05, 4.69) is 0 Å². The Labute approximate surface area is 64.3 Å². The third kappa shape index (κ3) is 0.903. The molecule has 11 heavy (non-hydrogen) atoms. The van der Waals surface area contributed by atoms with Crippen LogP contribution in [0.25, 0.3) is 0 Å². The lowest BCUT2D eigenvalue weighted by Gasteiger charge is -2.20. The number of hydrogen-bond donors (Lipinski definition) is 1. The fraction of sp³-hybridized carbons (Fsp3) is 0.600. The first kappa shape index (κ1) is 8.64. The second-order valence-electron chi connectivity index (χ2n) is 2.15. The fourth-order valence-electron chi connectivity index (χ4n) is 0.692. The minimum atomic E-state index is -4.53. The largest absolute Gasteiger partial charge is 0.506 e. The van der Waals surface area contributed by atoms with E-state index in [1.807, 2.05) is 0 Å². The number of hydrogen-bond acceptors (Lipinski definition) is 1. The lowest BCUT2D eigenvalue weighted by atomic mass is 10.2. The lowest BCUT2D eigenvalue weighted by molar-refractivity contribution is -0.183. The van der Waals surface area contributed by atoms with Crippen LogP contribution in [0.1, 0.15) is 0 Å². The number of alkyl halides is 5. The van der Waals surface area contributed by atoms with Gasteiger partial charge in [0.2, 0.25) is 0 Å². The predicted octanol–water partition coefficient (Wildman–Crippen LogP) is 2.32. The highest BCUT2D eigenvalue weighted by Crippen LogP contribution is 2.48. The van der Waals surface area contributed by atoms with Crippen molar-refractivity contribution >= 4 is 11.6 Å². The van der Waals surface area contributed by atoms with E-state index in [0.717, 1.165) is 0 Å².